The minimum Gasteiger partial charge on any atom is -0.465 e. The van der Waals surface area contributed by atoms with Gasteiger partial charge in [0.25, 0.3) is 0 Å². The minimum atomic E-state index is -1.12. The van der Waals surface area contributed by atoms with Gasteiger partial charge in [-0.05, 0) is 16.8 Å². The zero-order valence-electron chi connectivity index (χ0n) is 14.2. The third-order valence-corrected chi connectivity index (χ3v) is 4.77. The van der Waals surface area contributed by atoms with E-state index in [1.165, 1.54) is 4.90 Å². The molecule has 2 aromatic carbocycles. The fraction of sp³-hybridized carbons (Fsp3) is 0.211. The first kappa shape index (κ1) is 16.1. The molecule has 26 heavy (non-hydrogen) atoms. The summed E-state index contributed by atoms with van der Waals surface area (Å²) in [6, 6.07) is 13.7. The third-order valence-electron chi connectivity index (χ3n) is 4.77. The van der Waals surface area contributed by atoms with Crippen molar-refractivity contribution >= 4 is 22.8 Å². The number of nitrogens with zero attached hydrogens (tertiary/aromatic N) is 3. The van der Waals surface area contributed by atoms with Gasteiger partial charge in [0.1, 0.15) is 18.4 Å². The van der Waals surface area contributed by atoms with E-state index in [-0.39, 0.29) is 19.0 Å². The molecule has 1 aliphatic rings. The number of imidazole rings is 1. The van der Waals surface area contributed by atoms with Crippen LogP contribution >= 0.6 is 0 Å². The molecule has 0 bridgehead atoms. The number of H-pyrrole nitrogens is 1. The van der Waals surface area contributed by atoms with Crippen molar-refractivity contribution in [3.8, 4) is 11.3 Å². The largest absolute Gasteiger partial charge is 0.465 e. The average molecular weight is 350 g/mol. The number of hydrogen-bond acceptors (Lipinski definition) is 3. The number of benzene rings is 2. The predicted octanol–water partition coefficient (Wildman–Crippen LogP) is 2.72. The van der Waals surface area contributed by atoms with Crippen LogP contribution < -0.4 is 0 Å². The number of carbonyl (C=O) groups excluding carboxylic acids is 1. The number of aromatic nitrogens is 2. The second kappa shape index (κ2) is 6.18. The van der Waals surface area contributed by atoms with Crippen LogP contribution in [-0.2, 0) is 4.79 Å². The van der Waals surface area contributed by atoms with E-state index in [9.17, 15) is 14.7 Å². The molecule has 0 radical (unpaired) electrons. The summed E-state index contributed by atoms with van der Waals surface area (Å²) >= 11 is 0. The molecule has 0 spiro atoms. The molecule has 7 heteroatoms. The van der Waals surface area contributed by atoms with Gasteiger partial charge < -0.3 is 15.0 Å². The Morgan fingerprint density at radius 3 is 2.77 bits per heavy atom. The summed E-state index contributed by atoms with van der Waals surface area (Å²) in [6.45, 7) is 0.109. The predicted molar refractivity (Wildman–Crippen MR) is 96.6 cm³/mol. The van der Waals surface area contributed by atoms with Gasteiger partial charge in [0.15, 0.2) is 0 Å². The number of rotatable bonds is 2. The smallest absolute Gasteiger partial charge is 0.408 e. The molecule has 1 aromatic heterocycles. The monoisotopic (exact) mass is 350 g/mol. The van der Waals surface area contributed by atoms with E-state index < -0.39 is 12.1 Å². The van der Waals surface area contributed by atoms with Gasteiger partial charge in [-0.25, -0.2) is 9.78 Å². The topological polar surface area (TPSA) is 89.5 Å². The van der Waals surface area contributed by atoms with Gasteiger partial charge in [-0.1, -0.05) is 36.4 Å². The van der Waals surface area contributed by atoms with E-state index in [0.717, 1.165) is 26.9 Å². The zero-order valence-corrected chi connectivity index (χ0v) is 14.2. The number of amides is 2. The molecule has 1 aliphatic heterocycles. The van der Waals surface area contributed by atoms with Gasteiger partial charge >= 0.3 is 6.09 Å². The Labute approximate surface area is 149 Å². The summed E-state index contributed by atoms with van der Waals surface area (Å²) in [5.74, 6) is 0.319. The van der Waals surface area contributed by atoms with Crippen molar-refractivity contribution in [3.05, 3.63) is 54.5 Å². The molecule has 2 amide bonds. The lowest BCUT2D eigenvalue weighted by Crippen LogP contribution is -2.52. The fourth-order valence-electron chi connectivity index (χ4n) is 3.28. The number of carbonyl (C=O) groups is 2. The van der Waals surface area contributed by atoms with Crippen molar-refractivity contribution in [2.24, 2.45) is 0 Å². The Balaban J connectivity index is 1.67. The Hall–Kier alpha value is -3.35. The molecule has 1 atom stereocenters. The SMILES string of the molecule is CN1CC(c2ncc(-c3ccc4ccccc4c3)[nH]2)N(C(=O)O)CC1=O. The van der Waals surface area contributed by atoms with Crippen LogP contribution in [0.15, 0.2) is 48.7 Å². The van der Waals surface area contributed by atoms with Crippen molar-refractivity contribution in [2.45, 2.75) is 6.04 Å². The first-order valence-corrected chi connectivity index (χ1v) is 8.30. The lowest BCUT2D eigenvalue weighted by molar-refractivity contribution is -0.136. The molecule has 1 unspecified atom stereocenters. The fourth-order valence-corrected chi connectivity index (χ4v) is 3.28. The molecule has 0 aliphatic carbocycles. The highest BCUT2D eigenvalue weighted by Crippen LogP contribution is 2.27. The summed E-state index contributed by atoms with van der Waals surface area (Å²) in [4.78, 5) is 33.6. The maximum Gasteiger partial charge on any atom is 0.408 e. The highest BCUT2D eigenvalue weighted by atomic mass is 16.4. The van der Waals surface area contributed by atoms with Crippen LogP contribution in [0.1, 0.15) is 11.9 Å². The van der Waals surface area contributed by atoms with E-state index in [1.807, 2.05) is 30.3 Å². The van der Waals surface area contributed by atoms with Crippen LogP contribution in [0, 0.1) is 0 Å². The van der Waals surface area contributed by atoms with E-state index in [2.05, 4.69) is 22.1 Å². The van der Waals surface area contributed by atoms with Gasteiger partial charge in [-0.15, -0.1) is 0 Å². The molecule has 2 N–H and O–H groups in total. The van der Waals surface area contributed by atoms with Crippen LogP contribution in [0.5, 0.6) is 0 Å². The molecule has 0 saturated carbocycles. The maximum atomic E-state index is 11.8. The summed E-state index contributed by atoms with van der Waals surface area (Å²) in [6.07, 6.45) is 0.579. The standard InChI is InChI=1S/C19H18N4O3/c1-22-10-16(23(19(25)26)11-17(22)24)18-20-9-15(21-18)14-7-6-12-4-2-3-5-13(12)8-14/h2-9,16H,10-11H2,1H3,(H,20,21)(H,25,26). The van der Waals surface area contributed by atoms with Gasteiger partial charge in [0, 0.05) is 19.2 Å². The third kappa shape index (κ3) is 2.77. The molecule has 4 rings (SSSR count). The van der Waals surface area contributed by atoms with Crippen LogP contribution in [-0.4, -0.2) is 57.0 Å². The van der Waals surface area contributed by atoms with Gasteiger partial charge in [0.05, 0.1) is 11.9 Å². The Morgan fingerprint density at radius 2 is 2.00 bits per heavy atom. The quantitative estimate of drug-likeness (QED) is 0.744. The first-order chi connectivity index (χ1) is 12.5. The number of hydrogen-bond donors (Lipinski definition) is 2. The number of carboxylic acid groups (broad SMARTS) is 1. The van der Waals surface area contributed by atoms with Gasteiger partial charge in [-0.2, -0.15) is 0 Å². The van der Waals surface area contributed by atoms with Gasteiger partial charge in [-0.3, -0.25) is 9.69 Å². The van der Waals surface area contributed by atoms with Crippen LogP contribution in [0.2, 0.25) is 0 Å². The Morgan fingerprint density at radius 1 is 1.23 bits per heavy atom. The van der Waals surface area contributed by atoms with Crippen molar-refractivity contribution < 1.29 is 14.7 Å². The lowest BCUT2D eigenvalue weighted by atomic mass is 10.1. The van der Waals surface area contributed by atoms with E-state index in [0.29, 0.717) is 5.82 Å². The lowest BCUT2D eigenvalue weighted by Gasteiger charge is -2.36. The molecule has 1 saturated heterocycles. The molecular formula is C19H18N4O3. The van der Waals surface area contributed by atoms with Crippen molar-refractivity contribution in [3.63, 3.8) is 0 Å². The summed E-state index contributed by atoms with van der Waals surface area (Å²) in [7, 11) is 1.67. The molecule has 1 fully saturated rings. The first-order valence-electron chi connectivity index (χ1n) is 8.30. The average Bonchev–Trinajstić information content (AvgIpc) is 3.13. The van der Waals surface area contributed by atoms with Crippen LogP contribution in [0.3, 0.4) is 0 Å². The van der Waals surface area contributed by atoms with Crippen molar-refractivity contribution in [2.75, 3.05) is 20.1 Å². The number of piperazine rings is 1. The molecule has 132 valence electrons. The molecular weight excluding hydrogens is 332 g/mol. The number of aromatic amines is 1. The highest BCUT2D eigenvalue weighted by Gasteiger charge is 2.36. The second-order valence-electron chi connectivity index (χ2n) is 6.44. The second-order valence-corrected chi connectivity index (χ2v) is 6.44. The van der Waals surface area contributed by atoms with Crippen LogP contribution in [0.4, 0.5) is 4.79 Å². The summed E-state index contributed by atoms with van der Waals surface area (Å²) in [5.41, 5.74) is 1.79. The normalized spacial score (nSPS) is 17.7. The summed E-state index contributed by atoms with van der Waals surface area (Å²) in [5, 5.41) is 11.7. The minimum absolute atomic E-state index is 0.164. The number of nitrogens with one attached hydrogen (secondary N) is 1. The van der Waals surface area contributed by atoms with E-state index in [1.54, 1.807) is 13.2 Å². The van der Waals surface area contributed by atoms with Gasteiger partial charge in [0.2, 0.25) is 5.91 Å². The molecule has 2 heterocycles. The van der Waals surface area contributed by atoms with Crippen LogP contribution in [0.25, 0.3) is 22.0 Å². The molecule has 7 nitrogen and oxygen atoms in total. The maximum absolute atomic E-state index is 11.8. The van der Waals surface area contributed by atoms with Crippen molar-refractivity contribution in [1.82, 2.24) is 19.8 Å². The highest BCUT2D eigenvalue weighted by molar-refractivity contribution is 5.87. The number of likely N-dealkylation sites (N-methyl/N-ethyl adjacent to an activating group) is 1. The summed E-state index contributed by atoms with van der Waals surface area (Å²) < 4.78 is 0. The Bertz CT molecular complexity index is 997. The van der Waals surface area contributed by atoms with E-state index in [4.69, 9.17) is 0 Å². The number of fused-ring (bicyclic) bond motifs is 1. The van der Waals surface area contributed by atoms with Crippen molar-refractivity contribution in [1.29, 1.82) is 0 Å². The molecule has 3 aromatic rings. The van der Waals surface area contributed by atoms with E-state index >= 15 is 0 Å². The Kier molecular flexibility index (Phi) is 3.84. The zero-order chi connectivity index (χ0) is 18.3.